The molecule has 0 spiro atoms. The molecule has 1 unspecified atom stereocenters. The van der Waals surface area contributed by atoms with Gasteiger partial charge in [-0.15, -0.1) is 11.3 Å². The summed E-state index contributed by atoms with van der Waals surface area (Å²) in [6.45, 7) is 5.57. The van der Waals surface area contributed by atoms with E-state index in [2.05, 4.69) is 10.3 Å². The van der Waals surface area contributed by atoms with E-state index in [1.807, 2.05) is 44.4 Å². The first-order chi connectivity index (χ1) is 11.7. The molecule has 0 aliphatic carbocycles. The Kier molecular flexibility index (Phi) is 4.59. The molecule has 25 heavy (non-hydrogen) atoms. The van der Waals surface area contributed by atoms with Crippen LogP contribution in [0.1, 0.15) is 26.3 Å². The molecule has 0 fully saturated rings. The van der Waals surface area contributed by atoms with Crippen molar-refractivity contribution in [1.29, 1.82) is 0 Å². The summed E-state index contributed by atoms with van der Waals surface area (Å²) in [5, 5.41) is 5.26. The number of anilines is 2. The van der Waals surface area contributed by atoms with Crippen molar-refractivity contribution < 1.29 is 13.2 Å². The zero-order valence-electron chi connectivity index (χ0n) is 14.6. The van der Waals surface area contributed by atoms with Crippen LogP contribution in [0.25, 0.3) is 11.3 Å². The molecule has 2 aromatic rings. The van der Waals surface area contributed by atoms with E-state index < -0.39 is 10.0 Å². The number of hydrogen-bond acceptors (Lipinski definition) is 5. The number of carbonyl (C=O) groups is 1. The highest BCUT2D eigenvalue weighted by molar-refractivity contribution is 7.92. The van der Waals surface area contributed by atoms with E-state index in [9.17, 15) is 13.2 Å². The number of sulfonamides is 1. The van der Waals surface area contributed by atoms with Crippen molar-refractivity contribution in [1.82, 2.24) is 4.98 Å². The molecule has 1 N–H and O–H groups in total. The number of rotatable bonds is 4. The fourth-order valence-corrected chi connectivity index (χ4v) is 4.97. The van der Waals surface area contributed by atoms with Crippen molar-refractivity contribution in [2.75, 3.05) is 15.9 Å². The van der Waals surface area contributed by atoms with Crippen molar-refractivity contribution >= 4 is 38.1 Å². The lowest BCUT2D eigenvalue weighted by Crippen LogP contribution is -2.34. The first kappa shape index (κ1) is 17.9. The van der Waals surface area contributed by atoms with E-state index in [1.54, 1.807) is 0 Å². The number of amides is 1. The van der Waals surface area contributed by atoms with Gasteiger partial charge >= 0.3 is 0 Å². The van der Waals surface area contributed by atoms with Gasteiger partial charge in [-0.3, -0.25) is 9.10 Å². The number of fused-ring (bicyclic) bond motifs is 1. The van der Waals surface area contributed by atoms with E-state index in [4.69, 9.17) is 0 Å². The quantitative estimate of drug-likeness (QED) is 0.885. The highest BCUT2D eigenvalue weighted by Gasteiger charge is 2.32. The maximum absolute atomic E-state index is 12.0. The topological polar surface area (TPSA) is 79.4 Å². The normalized spacial score (nSPS) is 17.0. The molecule has 3 rings (SSSR count). The molecule has 1 atom stereocenters. The van der Waals surface area contributed by atoms with E-state index in [-0.39, 0.29) is 17.9 Å². The highest BCUT2D eigenvalue weighted by Crippen LogP contribution is 2.37. The van der Waals surface area contributed by atoms with Gasteiger partial charge in [-0.1, -0.05) is 19.9 Å². The van der Waals surface area contributed by atoms with Gasteiger partial charge in [-0.25, -0.2) is 13.4 Å². The van der Waals surface area contributed by atoms with Crippen molar-refractivity contribution in [3.63, 3.8) is 0 Å². The third-order valence-electron chi connectivity index (χ3n) is 4.14. The predicted octanol–water partition coefficient (Wildman–Crippen LogP) is 3.12. The lowest BCUT2D eigenvalue weighted by Gasteiger charge is -2.21. The standard InChI is InChI=1S/C17H21N3O3S2/c1-10(2)16(21)19-17-18-14(9-24-17)12-5-6-15-13(8-12)7-11(3)20(15)25(4,22)23/h5-6,8-11H,7H2,1-4H3,(H,18,19,21). The molecule has 8 heteroatoms. The number of aromatic nitrogens is 1. The number of carbonyl (C=O) groups excluding carboxylic acids is 1. The van der Waals surface area contributed by atoms with Gasteiger partial charge in [0.2, 0.25) is 15.9 Å². The van der Waals surface area contributed by atoms with Crippen LogP contribution in [-0.4, -0.2) is 31.6 Å². The number of nitrogens with zero attached hydrogens (tertiary/aromatic N) is 2. The Labute approximate surface area is 151 Å². The third kappa shape index (κ3) is 3.55. The SMILES string of the molecule is CC(C)C(=O)Nc1nc(-c2ccc3c(c2)CC(C)N3S(C)(=O)=O)cs1. The van der Waals surface area contributed by atoms with E-state index >= 15 is 0 Å². The average Bonchev–Trinajstić information content (AvgIpc) is 3.08. The Bertz CT molecular complexity index is 919. The molecule has 2 heterocycles. The number of nitrogens with one attached hydrogen (secondary N) is 1. The summed E-state index contributed by atoms with van der Waals surface area (Å²) in [5.41, 5.74) is 3.43. The van der Waals surface area contributed by atoms with Gasteiger partial charge in [-0.05, 0) is 31.0 Å². The fraction of sp³-hybridized carbons (Fsp3) is 0.412. The first-order valence-electron chi connectivity index (χ1n) is 8.06. The summed E-state index contributed by atoms with van der Waals surface area (Å²) in [6.07, 6.45) is 1.91. The molecule has 1 aromatic heterocycles. The molecule has 6 nitrogen and oxygen atoms in total. The maximum Gasteiger partial charge on any atom is 0.232 e. The molecular formula is C17H21N3O3S2. The van der Waals surface area contributed by atoms with Gasteiger partial charge in [-0.2, -0.15) is 0 Å². The van der Waals surface area contributed by atoms with Crippen molar-refractivity contribution in [3.05, 3.63) is 29.1 Å². The van der Waals surface area contributed by atoms with Gasteiger partial charge in [0.25, 0.3) is 0 Å². The van der Waals surface area contributed by atoms with Crippen LogP contribution in [0.4, 0.5) is 10.8 Å². The van der Waals surface area contributed by atoms with Gasteiger partial charge < -0.3 is 5.32 Å². The van der Waals surface area contributed by atoms with Crippen LogP contribution in [0.15, 0.2) is 23.6 Å². The molecule has 0 radical (unpaired) electrons. The largest absolute Gasteiger partial charge is 0.302 e. The summed E-state index contributed by atoms with van der Waals surface area (Å²) >= 11 is 1.38. The molecule has 1 amide bonds. The van der Waals surface area contributed by atoms with Crippen LogP contribution in [0, 0.1) is 5.92 Å². The molecule has 0 saturated heterocycles. The smallest absolute Gasteiger partial charge is 0.232 e. The summed E-state index contributed by atoms with van der Waals surface area (Å²) in [6, 6.07) is 5.61. The van der Waals surface area contributed by atoms with Gasteiger partial charge in [0.15, 0.2) is 5.13 Å². The Morgan fingerprint density at radius 1 is 1.40 bits per heavy atom. The van der Waals surface area contributed by atoms with E-state index in [0.717, 1.165) is 22.5 Å². The van der Waals surface area contributed by atoms with Crippen LogP contribution in [0.3, 0.4) is 0 Å². The summed E-state index contributed by atoms with van der Waals surface area (Å²) in [7, 11) is -3.29. The minimum Gasteiger partial charge on any atom is -0.302 e. The number of hydrogen-bond donors (Lipinski definition) is 1. The summed E-state index contributed by atoms with van der Waals surface area (Å²) < 4.78 is 25.5. The molecule has 1 aliphatic rings. The van der Waals surface area contributed by atoms with Gasteiger partial charge in [0, 0.05) is 22.9 Å². The molecule has 134 valence electrons. The fourth-order valence-electron chi connectivity index (χ4n) is 2.98. The lowest BCUT2D eigenvalue weighted by atomic mass is 10.1. The molecule has 1 aliphatic heterocycles. The third-order valence-corrected chi connectivity index (χ3v) is 6.17. The second-order valence-electron chi connectivity index (χ2n) is 6.64. The summed E-state index contributed by atoms with van der Waals surface area (Å²) in [4.78, 5) is 16.2. The Balaban J connectivity index is 1.88. The highest BCUT2D eigenvalue weighted by atomic mass is 32.2. The number of benzene rings is 1. The predicted molar refractivity (Wildman–Crippen MR) is 102 cm³/mol. The Morgan fingerprint density at radius 3 is 2.76 bits per heavy atom. The van der Waals surface area contributed by atoms with Gasteiger partial charge in [0.1, 0.15) is 0 Å². The summed E-state index contributed by atoms with van der Waals surface area (Å²) in [5.74, 6) is -0.164. The first-order valence-corrected chi connectivity index (χ1v) is 10.8. The van der Waals surface area contributed by atoms with Crippen molar-refractivity contribution in [2.45, 2.75) is 33.2 Å². The average molecular weight is 380 g/mol. The van der Waals surface area contributed by atoms with Crippen LogP contribution in [0.2, 0.25) is 0 Å². The molecule has 0 bridgehead atoms. The van der Waals surface area contributed by atoms with E-state index in [0.29, 0.717) is 11.6 Å². The van der Waals surface area contributed by atoms with Crippen LogP contribution >= 0.6 is 11.3 Å². The molecular weight excluding hydrogens is 358 g/mol. The minimum absolute atomic E-state index is 0.0625. The molecule has 0 saturated carbocycles. The van der Waals surface area contributed by atoms with Crippen LogP contribution in [-0.2, 0) is 21.2 Å². The van der Waals surface area contributed by atoms with Crippen molar-refractivity contribution in [3.8, 4) is 11.3 Å². The zero-order valence-corrected chi connectivity index (χ0v) is 16.2. The molecule has 1 aromatic carbocycles. The monoisotopic (exact) mass is 379 g/mol. The zero-order chi connectivity index (χ0) is 18.4. The van der Waals surface area contributed by atoms with Gasteiger partial charge in [0.05, 0.1) is 17.6 Å². The Morgan fingerprint density at radius 2 is 2.12 bits per heavy atom. The van der Waals surface area contributed by atoms with Crippen molar-refractivity contribution in [2.24, 2.45) is 5.92 Å². The number of thiazole rings is 1. The van der Waals surface area contributed by atoms with Crippen LogP contribution in [0.5, 0.6) is 0 Å². The van der Waals surface area contributed by atoms with Crippen LogP contribution < -0.4 is 9.62 Å². The second-order valence-corrected chi connectivity index (χ2v) is 9.35. The lowest BCUT2D eigenvalue weighted by molar-refractivity contribution is -0.118. The maximum atomic E-state index is 12.0. The van der Waals surface area contributed by atoms with E-state index in [1.165, 1.54) is 21.9 Å². The Hall–Kier alpha value is -1.93. The second kappa shape index (κ2) is 6.42. The minimum atomic E-state index is -3.29.